The molecular weight excluding hydrogens is 352 g/mol. The van der Waals surface area contributed by atoms with E-state index >= 15 is 0 Å². The van der Waals surface area contributed by atoms with Gasteiger partial charge in [-0.25, -0.2) is 22.0 Å². The molecule has 0 amide bonds. The van der Waals surface area contributed by atoms with Crippen molar-refractivity contribution in [1.82, 2.24) is 0 Å². The Labute approximate surface area is 141 Å². The van der Waals surface area contributed by atoms with E-state index in [0.29, 0.717) is 5.39 Å². The average Bonchev–Trinajstić information content (AvgIpc) is 2.54. The van der Waals surface area contributed by atoms with Gasteiger partial charge >= 0.3 is 5.97 Å². The van der Waals surface area contributed by atoms with E-state index in [9.17, 15) is 27.1 Å². The minimum Gasteiger partial charge on any atom is -0.478 e. The number of sulfonamides is 1. The van der Waals surface area contributed by atoms with Crippen LogP contribution in [0.3, 0.4) is 0 Å². The van der Waals surface area contributed by atoms with Crippen molar-refractivity contribution in [3.63, 3.8) is 0 Å². The van der Waals surface area contributed by atoms with Crippen LogP contribution in [-0.2, 0) is 10.0 Å². The van der Waals surface area contributed by atoms with E-state index < -0.39 is 27.6 Å². The molecule has 0 atom stereocenters. The number of hydrogen-bond acceptors (Lipinski definition) is 3. The van der Waals surface area contributed by atoms with E-state index in [1.165, 1.54) is 24.3 Å². The number of halogens is 2. The predicted molar refractivity (Wildman–Crippen MR) is 88.1 cm³/mol. The number of rotatable bonds is 4. The van der Waals surface area contributed by atoms with Gasteiger partial charge in [0.2, 0.25) is 0 Å². The van der Waals surface area contributed by atoms with Gasteiger partial charge in [-0.05, 0) is 47.9 Å². The first-order valence-corrected chi connectivity index (χ1v) is 8.50. The summed E-state index contributed by atoms with van der Waals surface area (Å²) >= 11 is 0. The third kappa shape index (κ3) is 3.29. The number of benzene rings is 3. The lowest BCUT2D eigenvalue weighted by molar-refractivity contribution is 0.0700. The lowest BCUT2D eigenvalue weighted by Gasteiger charge is -2.13. The maximum atomic E-state index is 13.5. The van der Waals surface area contributed by atoms with Gasteiger partial charge < -0.3 is 5.11 Å². The fraction of sp³-hybridized carbons (Fsp3) is 0. The summed E-state index contributed by atoms with van der Waals surface area (Å²) in [6, 6.07) is 10.4. The van der Waals surface area contributed by atoms with Gasteiger partial charge in [0.25, 0.3) is 10.0 Å². The van der Waals surface area contributed by atoms with Crippen LogP contribution in [0.4, 0.5) is 14.5 Å². The first-order valence-electron chi connectivity index (χ1n) is 7.02. The first-order chi connectivity index (χ1) is 11.8. The maximum Gasteiger partial charge on any atom is 0.338 e. The van der Waals surface area contributed by atoms with Gasteiger partial charge in [0, 0.05) is 5.39 Å². The number of fused-ring (bicyclic) bond motifs is 1. The molecule has 0 unspecified atom stereocenters. The topological polar surface area (TPSA) is 83.5 Å². The highest BCUT2D eigenvalue weighted by Gasteiger charge is 2.21. The van der Waals surface area contributed by atoms with E-state index in [1.54, 1.807) is 0 Å². The van der Waals surface area contributed by atoms with Gasteiger partial charge in [0.05, 0.1) is 16.1 Å². The van der Waals surface area contributed by atoms with Crippen LogP contribution in [0.1, 0.15) is 10.4 Å². The zero-order valence-electron chi connectivity index (χ0n) is 12.5. The molecule has 5 nitrogen and oxygen atoms in total. The van der Waals surface area contributed by atoms with Crippen LogP contribution in [0, 0.1) is 11.6 Å². The number of anilines is 1. The third-order valence-corrected chi connectivity index (χ3v) is 4.95. The summed E-state index contributed by atoms with van der Waals surface area (Å²) in [6.07, 6.45) is 0. The van der Waals surface area contributed by atoms with Crippen LogP contribution in [0.5, 0.6) is 0 Å². The summed E-state index contributed by atoms with van der Waals surface area (Å²) in [5.74, 6) is -2.66. The van der Waals surface area contributed by atoms with Crippen LogP contribution in [-0.4, -0.2) is 19.5 Å². The van der Waals surface area contributed by atoms with Crippen molar-refractivity contribution in [2.24, 2.45) is 0 Å². The molecule has 25 heavy (non-hydrogen) atoms. The molecule has 0 aliphatic heterocycles. The second-order valence-corrected chi connectivity index (χ2v) is 6.90. The van der Waals surface area contributed by atoms with Crippen molar-refractivity contribution in [2.75, 3.05) is 4.72 Å². The van der Waals surface area contributed by atoms with Crippen LogP contribution in [0.15, 0.2) is 59.5 Å². The van der Waals surface area contributed by atoms with E-state index in [2.05, 4.69) is 4.72 Å². The quantitative estimate of drug-likeness (QED) is 0.742. The van der Waals surface area contributed by atoms with Crippen molar-refractivity contribution in [1.29, 1.82) is 0 Å². The van der Waals surface area contributed by atoms with Crippen molar-refractivity contribution < 1.29 is 27.1 Å². The molecule has 0 spiro atoms. The lowest BCUT2D eigenvalue weighted by Crippen LogP contribution is -2.16. The van der Waals surface area contributed by atoms with Gasteiger partial charge in [-0.2, -0.15) is 0 Å². The monoisotopic (exact) mass is 363 g/mol. The molecule has 128 valence electrons. The molecule has 0 fully saturated rings. The van der Waals surface area contributed by atoms with Crippen LogP contribution >= 0.6 is 0 Å². The second-order valence-electron chi connectivity index (χ2n) is 5.22. The Bertz CT molecular complexity index is 1080. The molecule has 0 aromatic heterocycles. The summed E-state index contributed by atoms with van der Waals surface area (Å²) in [7, 11) is -4.14. The third-order valence-electron chi connectivity index (χ3n) is 3.57. The van der Waals surface area contributed by atoms with E-state index in [4.69, 9.17) is 0 Å². The summed E-state index contributed by atoms with van der Waals surface area (Å²) in [4.78, 5) is 11.4. The molecule has 8 heteroatoms. The fourth-order valence-electron chi connectivity index (χ4n) is 2.42. The number of carboxylic acids is 1. The molecule has 0 aliphatic rings. The molecule has 0 radical (unpaired) electrons. The Balaban J connectivity index is 2.14. The van der Waals surface area contributed by atoms with Gasteiger partial charge in [0.1, 0.15) is 11.6 Å². The van der Waals surface area contributed by atoms with Gasteiger partial charge in [0.15, 0.2) is 0 Å². The average molecular weight is 363 g/mol. The molecule has 0 saturated heterocycles. The van der Waals surface area contributed by atoms with Crippen LogP contribution < -0.4 is 4.72 Å². The molecule has 0 bridgehead atoms. The number of nitrogens with one attached hydrogen (secondary N) is 1. The van der Waals surface area contributed by atoms with E-state index in [0.717, 1.165) is 30.3 Å². The Morgan fingerprint density at radius 2 is 1.52 bits per heavy atom. The summed E-state index contributed by atoms with van der Waals surface area (Å²) in [5.41, 5.74) is -0.586. The van der Waals surface area contributed by atoms with Crippen LogP contribution in [0.2, 0.25) is 0 Å². The Morgan fingerprint density at radius 1 is 0.920 bits per heavy atom. The standard InChI is InChI=1S/C17H11F2NO4S/c18-11-4-6-13(7-5-11)25(23,24)20-15-8-2-10-1-3-12(19)9-14(10)16(15)17(21)22/h1-9,20H,(H,21,22). The van der Waals surface area contributed by atoms with Crippen LogP contribution in [0.25, 0.3) is 10.8 Å². The fourth-order valence-corrected chi connectivity index (χ4v) is 3.50. The molecule has 3 aromatic carbocycles. The minimum atomic E-state index is -4.14. The SMILES string of the molecule is O=C(O)c1c(NS(=O)(=O)c2ccc(F)cc2)ccc2ccc(F)cc12. The number of carbonyl (C=O) groups is 1. The normalized spacial score (nSPS) is 11.4. The first kappa shape index (κ1) is 16.8. The van der Waals surface area contributed by atoms with Gasteiger partial charge in [-0.3, -0.25) is 4.72 Å². The summed E-state index contributed by atoms with van der Waals surface area (Å²) in [5, 5.41) is 9.96. The summed E-state index contributed by atoms with van der Waals surface area (Å²) in [6.45, 7) is 0. The number of carboxylic acid groups (broad SMARTS) is 1. The summed E-state index contributed by atoms with van der Waals surface area (Å²) < 4.78 is 53.4. The Morgan fingerprint density at radius 3 is 2.16 bits per heavy atom. The number of aromatic carboxylic acids is 1. The smallest absolute Gasteiger partial charge is 0.338 e. The molecule has 2 N–H and O–H groups in total. The van der Waals surface area contributed by atoms with Gasteiger partial charge in [-0.1, -0.05) is 12.1 Å². The van der Waals surface area contributed by atoms with Crippen molar-refractivity contribution in [3.05, 3.63) is 71.8 Å². The minimum absolute atomic E-state index is 0.0619. The number of hydrogen-bond donors (Lipinski definition) is 2. The van der Waals surface area contributed by atoms with E-state index in [-0.39, 0.29) is 21.5 Å². The van der Waals surface area contributed by atoms with Crippen molar-refractivity contribution in [3.8, 4) is 0 Å². The predicted octanol–water partition coefficient (Wildman–Crippen LogP) is 3.62. The molecule has 0 saturated carbocycles. The van der Waals surface area contributed by atoms with Crippen molar-refractivity contribution in [2.45, 2.75) is 4.90 Å². The highest BCUT2D eigenvalue weighted by atomic mass is 32.2. The van der Waals surface area contributed by atoms with E-state index in [1.807, 2.05) is 0 Å². The molecule has 0 heterocycles. The largest absolute Gasteiger partial charge is 0.478 e. The Hall–Kier alpha value is -3.00. The molecule has 3 aromatic rings. The van der Waals surface area contributed by atoms with Crippen molar-refractivity contribution >= 4 is 32.5 Å². The second kappa shape index (κ2) is 6.14. The Kier molecular flexibility index (Phi) is 4.13. The highest BCUT2D eigenvalue weighted by molar-refractivity contribution is 7.92. The zero-order chi connectivity index (χ0) is 18.2. The molecule has 3 rings (SSSR count). The molecular formula is C17H11F2NO4S. The highest BCUT2D eigenvalue weighted by Crippen LogP contribution is 2.29. The zero-order valence-corrected chi connectivity index (χ0v) is 13.3. The lowest BCUT2D eigenvalue weighted by atomic mass is 10.0. The van der Waals surface area contributed by atoms with Gasteiger partial charge in [-0.15, -0.1) is 0 Å². The molecule has 0 aliphatic carbocycles. The maximum absolute atomic E-state index is 13.5.